The first kappa shape index (κ1) is 9.99. The van der Waals surface area contributed by atoms with Crippen LogP contribution < -0.4 is 0 Å². The molecule has 0 amide bonds. The van der Waals surface area contributed by atoms with Crippen molar-refractivity contribution >= 4 is 21.9 Å². The molecule has 1 aliphatic rings. The molecule has 0 heterocycles. The predicted molar refractivity (Wildman–Crippen MR) is 48.1 cm³/mol. The molecule has 0 saturated heterocycles. The number of esters is 1. The van der Waals surface area contributed by atoms with E-state index in [0.717, 1.165) is 12.8 Å². The molecule has 70 valence electrons. The van der Waals surface area contributed by atoms with Crippen LogP contribution in [0.15, 0.2) is 0 Å². The summed E-state index contributed by atoms with van der Waals surface area (Å²) >= 11 is 3.26. The Bertz CT molecular complexity index is 183. The molecule has 1 N–H and O–H groups in total. The first-order valence-corrected chi connectivity index (χ1v) is 4.86. The van der Waals surface area contributed by atoms with Crippen molar-refractivity contribution < 1.29 is 14.6 Å². The van der Waals surface area contributed by atoms with Gasteiger partial charge in [-0.25, -0.2) is 0 Å². The second-order valence-electron chi connectivity index (χ2n) is 3.12. The zero-order valence-corrected chi connectivity index (χ0v) is 8.63. The van der Waals surface area contributed by atoms with E-state index in [4.69, 9.17) is 0 Å². The molecule has 1 aliphatic carbocycles. The molecule has 1 fully saturated rings. The maximum absolute atomic E-state index is 11.3. The number of carbonyl (C=O) groups is 1. The summed E-state index contributed by atoms with van der Waals surface area (Å²) in [4.78, 5) is 11.3. The summed E-state index contributed by atoms with van der Waals surface area (Å²) < 4.78 is 3.77. The van der Waals surface area contributed by atoms with Crippen molar-refractivity contribution in [1.82, 2.24) is 0 Å². The Morgan fingerprint density at radius 2 is 2.33 bits per heavy atom. The van der Waals surface area contributed by atoms with Crippen LogP contribution in [0.4, 0.5) is 0 Å². The Morgan fingerprint density at radius 3 is 2.83 bits per heavy atom. The number of methoxy groups -OCH3 is 1. The molecule has 0 radical (unpaired) electrons. The molecule has 0 aliphatic heterocycles. The molecule has 1 saturated carbocycles. The summed E-state index contributed by atoms with van der Waals surface area (Å²) in [7, 11) is 1.34. The third kappa shape index (κ3) is 1.64. The van der Waals surface area contributed by atoms with E-state index in [0.29, 0.717) is 12.8 Å². The number of aliphatic hydroxyl groups excluding tert-OH is 1. The van der Waals surface area contributed by atoms with E-state index < -0.39 is 10.4 Å². The van der Waals surface area contributed by atoms with Gasteiger partial charge in [-0.1, -0.05) is 28.8 Å². The minimum absolute atomic E-state index is 0.366. The van der Waals surface area contributed by atoms with Crippen LogP contribution in [-0.4, -0.2) is 28.6 Å². The highest BCUT2D eigenvalue weighted by Gasteiger charge is 2.45. The Morgan fingerprint density at radius 1 is 1.67 bits per heavy atom. The smallest absolute Gasteiger partial charge is 0.325 e. The molecular weight excluding hydrogens is 224 g/mol. The molecule has 0 aromatic carbocycles. The summed E-state index contributed by atoms with van der Waals surface area (Å²) in [6, 6.07) is 0. The largest absolute Gasteiger partial charge is 0.468 e. The number of carbonyl (C=O) groups excluding carboxylic acids is 1. The monoisotopic (exact) mass is 236 g/mol. The lowest BCUT2D eigenvalue weighted by Crippen LogP contribution is -2.46. The minimum atomic E-state index is -0.847. The number of halogens is 1. The topological polar surface area (TPSA) is 46.5 Å². The molecule has 0 bridgehead atoms. The van der Waals surface area contributed by atoms with Crippen molar-refractivity contribution in [2.75, 3.05) is 7.11 Å². The van der Waals surface area contributed by atoms with Crippen molar-refractivity contribution in [3.8, 4) is 0 Å². The van der Waals surface area contributed by atoms with Gasteiger partial charge in [0.2, 0.25) is 0 Å². The van der Waals surface area contributed by atoms with Gasteiger partial charge in [0.1, 0.15) is 4.32 Å². The number of alkyl halides is 1. The van der Waals surface area contributed by atoms with Crippen LogP contribution in [0.25, 0.3) is 0 Å². The van der Waals surface area contributed by atoms with Gasteiger partial charge in [-0.05, 0) is 12.8 Å². The first-order valence-electron chi connectivity index (χ1n) is 4.06. The maximum atomic E-state index is 11.3. The van der Waals surface area contributed by atoms with Crippen LogP contribution in [0.1, 0.15) is 25.7 Å². The average molecular weight is 237 g/mol. The van der Waals surface area contributed by atoms with Crippen LogP contribution in [0.3, 0.4) is 0 Å². The standard InChI is InChI=1S/C8H13BrO3/c1-12-7(11)8(9)5-3-2-4-6(8)10/h6,10H,2-5H2,1H3. The number of ether oxygens (including phenoxy) is 1. The summed E-state index contributed by atoms with van der Waals surface area (Å²) in [6.45, 7) is 0. The van der Waals surface area contributed by atoms with Crippen LogP contribution in [0.5, 0.6) is 0 Å². The zero-order valence-electron chi connectivity index (χ0n) is 7.05. The van der Waals surface area contributed by atoms with Gasteiger partial charge in [-0.2, -0.15) is 0 Å². The molecule has 12 heavy (non-hydrogen) atoms. The highest BCUT2D eigenvalue weighted by atomic mass is 79.9. The molecule has 0 aromatic rings. The van der Waals surface area contributed by atoms with Gasteiger partial charge < -0.3 is 9.84 Å². The van der Waals surface area contributed by atoms with Crippen molar-refractivity contribution in [2.24, 2.45) is 0 Å². The van der Waals surface area contributed by atoms with E-state index in [-0.39, 0.29) is 5.97 Å². The molecule has 0 aromatic heterocycles. The lowest BCUT2D eigenvalue weighted by atomic mass is 9.86. The van der Waals surface area contributed by atoms with Gasteiger partial charge >= 0.3 is 5.97 Å². The lowest BCUT2D eigenvalue weighted by Gasteiger charge is -2.33. The summed E-state index contributed by atoms with van der Waals surface area (Å²) in [6.07, 6.45) is 2.64. The third-order valence-electron chi connectivity index (χ3n) is 2.32. The molecule has 3 nitrogen and oxygen atoms in total. The van der Waals surface area contributed by atoms with Gasteiger partial charge in [0.15, 0.2) is 0 Å². The third-order valence-corrected chi connectivity index (χ3v) is 3.57. The maximum Gasteiger partial charge on any atom is 0.325 e. The first-order chi connectivity index (χ1) is 5.61. The average Bonchev–Trinajstić information content (AvgIpc) is 2.09. The van der Waals surface area contributed by atoms with E-state index in [9.17, 15) is 9.90 Å². The van der Waals surface area contributed by atoms with Crippen molar-refractivity contribution in [2.45, 2.75) is 36.1 Å². The van der Waals surface area contributed by atoms with Crippen LogP contribution in [0.2, 0.25) is 0 Å². The fourth-order valence-corrected chi connectivity index (χ4v) is 2.19. The van der Waals surface area contributed by atoms with Gasteiger partial charge in [0, 0.05) is 0 Å². The molecular formula is C8H13BrO3. The Labute approximate surface area is 80.2 Å². The van der Waals surface area contributed by atoms with Gasteiger partial charge in [-0.3, -0.25) is 4.79 Å². The van der Waals surface area contributed by atoms with Crippen molar-refractivity contribution in [3.63, 3.8) is 0 Å². The molecule has 1 rings (SSSR count). The fraction of sp³-hybridized carbons (Fsp3) is 0.875. The Hall–Kier alpha value is -0.0900. The minimum Gasteiger partial charge on any atom is -0.468 e. The van der Waals surface area contributed by atoms with Crippen LogP contribution in [-0.2, 0) is 9.53 Å². The fourth-order valence-electron chi connectivity index (χ4n) is 1.52. The van der Waals surface area contributed by atoms with Gasteiger partial charge in [0.25, 0.3) is 0 Å². The van der Waals surface area contributed by atoms with E-state index >= 15 is 0 Å². The van der Waals surface area contributed by atoms with E-state index in [1.54, 1.807) is 0 Å². The molecule has 0 spiro atoms. The quantitative estimate of drug-likeness (QED) is 0.551. The number of aliphatic hydroxyl groups is 1. The predicted octanol–water partition coefficient (Wildman–Crippen LogP) is 1.23. The molecule has 4 heteroatoms. The SMILES string of the molecule is COC(=O)C1(Br)CCCCC1O. The number of hydrogen-bond acceptors (Lipinski definition) is 3. The molecule has 2 atom stereocenters. The zero-order chi connectivity index (χ0) is 9.19. The summed E-state index contributed by atoms with van der Waals surface area (Å²) in [5, 5.41) is 9.58. The molecule has 2 unspecified atom stereocenters. The van der Waals surface area contributed by atoms with Gasteiger partial charge in [0.05, 0.1) is 13.2 Å². The summed E-state index contributed by atoms with van der Waals surface area (Å²) in [5.41, 5.74) is 0. The van der Waals surface area contributed by atoms with Gasteiger partial charge in [-0.15, -0.1) is 0 Å². The van der Waals surface area contributed by atoms with Crippen LogP contribution in [0, 0.1) is 0 Å². The number of rotatable bonds is 1. The Balaban J connectivity index is 2.72. The highest BCUT2D eigenvalue weighted by molar-refractivity contribution is 9.10. The number of hydrogen-bond donors (Lipinski definition) is 1. The highest BCUT2D eigenvalue weighted by Crippen LogP contribution is 2.37. The van der Waals surface area contributed by atoms with Crippen LogP contribution >= 0.6 is 15.9 Å². The second kappa shape index (κ2) is 3.75. The lowest BCUT2D eigenvalue weighted by molar-refractivity contribution is -0.147. The summed E-state index contributed by atoms with van der Waals surface area (Å²) in [5.74, 6) is -0.366. The van der Waals surface area contributed by atoms with Crippen molar-refractivity contribution in [3.05, 3.63) is 0 Å². The van der Waals surface area contributed by atoms with E-state index in [2.05, 4.69) is 20.7 Å². The Kier molecular flexibility index (Phi) is 3.12. The second-order valence-corrected chi connectivity index (χ2v) is 4.53. The van der Waals surface area contributed by atoms with E-state index in [1.807, 2.05) is 0 Å². The normalized spacial score (nSPS) is 36.1. The van der Waals surface area contributed by atoms with E-state index in [1.165, 1.54) is 7.11 Å². The van der Waals surface area contributed by atoms with Crippen molar-refractivity contribution in [1.29, 1.82) is 0 Å².